The molecule has 0 fully saturated rings. The number of hydrogen-bond acceptors (Lipinski definition) is 4. The number of rotatable bonds is 10. The van der Waals surface area contributed by atoms with Gasteiger partial charge in [-0.15, -0.1) is 0 Å². The Morgan fingerprint density at radius 3 is 2.18 bits per heavy atom. The first kappa shape index (κ1) is 30.1. The van der Waals surface area contributed by atoms with Gasteiger partial charge in [0.05, 0.1) is 10.6 Å². The fourth-order valence-electron chi connectivity index (χ4n) is 3.94. The molecule has 0 aliphatic rings. The summed E-state index contributed by atoms with van der Waals surface area (Å²) >= 11 is 5.97. The van der Waals surface area contributed by atoms with E-state index in [0.717, 1.165) is 15.4 Å². The monoisotopic (exact) mass is 573 g/mol. The summed E-state index contributed by atoms with van der Waals surface area (Å²) in [6.07, 6.45) is 0. The molecular weight excluding hydrogens is 541 g/mol. The van der Waals surface area contributed by atoms with Crippen LogP contribution >= 0.6 is 11.6 Å². The number of nitrogens with one attached hydrogen (secondary N) is 1. The molecule has 0 spiro atoms. The van der Waals surface area contributed by atoms with Crippen LogP contribution in [-0.4, -0.2) is 43.8 Å². The van der Waals surface area contributed by atoms with Gasteiger partial charge in [-0.05, 0) is 88.2 Å². The molecule has 0 aliphatic carbocycles. The van der Waals surface area contributed by atoms with Gasteiger partial charge in [0.25, 0.3) is 10.0 Å². The number of halogens is 2. The molecule has 0 saturated carbocycles. The third-order valence-electron chi connectivity index (χ3n) is 6.36. The van der Waals surface area contributed by atoms with Gasteiger partial charge < -0.3 is 10.2 Å². The average molecular weight is 574 g/mol. The second-order valence-electron chi connectivity index (χ2n) is 9.69. The molecule has 7 nitrogen and oxygen atoms in total. The maximum atomic E-state index is 14.6. The Balaban J connectivity index is 2.07. The highest BCUT2D eigenvalue weighted by atomic mass is 35.5. The molecule has 0 aliphatic heterocycles. The fourth-order valence-corrected chi connectivity index (χ4v) is 5.47. The predicted molar refractivity (Wildman–Crippen MR) is 152 cm³/mol. The number of sulfonamides is 1. The van der Waals surface area contributed by atoms with Gasteiger partial charge in [-0.1, -0.05) is 35.9 Å². The fraction of sp³-hybridized carbons (Fsp3) is 0.310. The van der Waals surface area contributed by atoms with E-state index < -0.39 is 40.2 Å². The van der Waals surface area contributed by atoms with E-state index in [-0.39, 0.29) is 28.7 Å². The molecule has 0 saturated heterocycles. The minimum atomic E-state index is -4.22. The van der Waals surface area contributed by atoms with Crippen LogP contribution in [0.2, 0.25) is 5.02 Å². The first-order valence-corrected chi connectivity index (χ1v) is 14.3. The lowest BCUT2D eigenvalue weighted by Gasteiger charge is -2.32. The SMILES string of the molecule is Cc1ccc(N(CC(=O)N(Cc2ccccc2F)C(C)C(=O)NC(C)C)S(=O)(=O)c2ccc(Cl)cc2)cc1C. The number of aryl methyl sites for hydroxylation is 2. The number of carbonyl (C=O) groups excluding carboxylic acids is 2. The van der Waals surface area contributed by atoms with Crippen molar-refractivity contribution in [2.75, 3.05) is 10.8 Å². The van der Waals surface area contributed by atoms with E-state index in [2.05, 4.69) is 5.32 Å². The minimum absolute atomic E-state index is 0.0517. The first-order valence-electron chi connectivity index (χ1n) is 12.5. The van der Waals surface area contributed by atoms with Crippen LogP contribution in [0.1, 0.15) is 37.5 Å². The largest absolute Gasteiger partial charge is 0.352 e. The van der Waals surface area contributed by atoms with Gasteiger partial charge in [0.15, 0.2) is 0 Å². The van der Waals surface area contributed by atoms with Crippen molar-refractivity contribution in [3.8, 4) is 0 Å². The second kappa shape index (κ2) is 12.6. The molecule has 3 aromatic rings. The van der Waals surface area contributed by atoms with Crippen molar-refractivity contribution in [2.24, 2.45) is 0 Å². The normalized spacial score (nSPS) is 12.2. The average Bonchev–Trinajstić information content (AvgIpc) is 2.87. The highest BCUT2D eigenvalue weighted by molar-refractivity contribution is 7.92. The van der Waals surface area contributed by atoms with Crippen LogP contribution in [0.25, 0.3) is 0 Å². The smallest absolute Gasteiger partial charge is 0.264 e. The Kier molecular flexibility index (Phi) is 9.74. The summed E-state index contributed by atoms with van der Waals surface area (Å²) in [6, 6.07) is 15.5. The van der Waals surface area contributed by atoms with Gasteiger partial charge in [0.2, 0.25) is 11.8 Å². The van der Waals surface area contributed by atoms with E-state index in [9.17, 15) is 22.4 Å². The van der Waals surface area contributed by atoms with E-state index in [0.29, 0.717) is 5.02 Å². The Morgan fingerprint density at radius 2 is 1.59 bits per heavy atom. The van der Waals surface area contributed by atoms with Crippen LogP contribution in [0.4, 0.5) is 10.1 Å². The van der Waals surface area contributed by atoms with Gasteiger partial charge in [-0.25, -0.2) is 12.8 Å². The van der Waals surface area contributed by atoms with Crippen molar-refractivity contribution in [3.05, 3.63) is 94.3 Å². The zero-order valence-corrected chi connectivity index (χ0v) is 24.2. The number of amides is 2. The highest BCUT2D eigenvalue weighted by Gasteiger charge is 2.33. The van der Waals surface area contributed by atoms with Gasteiger partial charge in [-0.2, -0.15) is 0 Å². The molecule has 1 unspecified atom stereocenters. The van der Waals surface area contributed by atoms with E-state index in [1.165, 1.54) is 54.3 Å². The molecule has 0 radical (unpaired) electrons. The molecule has 1 atom stereocenters. The Bertz CT molecular complexity index is 1450. The zero-order valence-electron chi connectivity index (χ0n) is 22.6. The maximum absolute atomic E-state index is 14.6. The van der Waals surface area contributed by atoms with Crippen LogP contribution in [0.5, 0.6) is 0 Å². The summed E-state index contributed by atoms with van der Waals surface area (Å²) in [7, 11) is -4.22. The lowest BCUT2D eigenvalue weighted by atomic mass is 10.1. The summed E-state index contributed by atoms with van der Waals surface area (Å²) in [5, 5.41) is 3.13. The molecule has 0 aromatic heterocycles. The lowest BCUT2D eigenvalue weighted by molar-refractivity contribution is -0.139. The molecule has 2 amide bonds. The molecule has 39 heavy (non-hydrogen) atoms. The van der Waals surface area contributed by atoms with Crippen LogP contribution in [-0.2, 0) is 26.2 Å². The molecule has 3 rings (SSSR count). The summed E-state index contributed by atoms with van der Waals surface area (Å²) in [5.74, 6) is -1.64. The number of carbonyl (C=O) groups is 2. The van der Waals surface area contributed by atoms with Gasteiger partial charge in [0, 0.05) is 23.2 Å². The van der Waals surface area contributed by atoms with Crippen molar-refractivity contribution >= 4 is 39.1 Å². The zero-order chi connectivity index (χ0) is 28.9. The van der Waals surface area contributed by atoms with Crippen molar-refractivity contribution in [2.45, 2.75) is 58.1 Å². The van der Waals surface area contributed by atoms with Crippen molar-refractivity contribution < 1.29 is 22.4 Å². The minimum Gasteiger partial charge on any atom is -0.352 e. The topological polar surface area (TPSA) is 86.8 Å². The summed E-state index contributed by atoms with van der Waals surface area (Å²) in [6.45, 7) is 8.01. The molecule has 3 aromatic carbocycles. The third kappa shape index (κ3) is 7.36. The Hall–Kier alpha value is -3.43. The third-order valence-corrected chi connectivity index (χ3v) is 8.40. The van der Waals surface area contributed by atoms with Crippen LogP contribution < -0.4 is 9.62 Å². The highest BCUT2D eigenvalue weighted by Crippen LogP contribution is 2.27. The summed E-state index contributed by atoms with van der Waals surface area (Å²) in [5.41, 5.74) is 2.28. The first-order chi connectivity index (χ1) is 18.3. The number of hydrogen-bond donors (Lipinski definition) is 1. The number of nitrogens with zero attached hydrogens (tertiary/aromatic N) is 2. The van der Waals surface area contributed by atoms with Crippen molar-refractivity contribution in [1.82, 2.24) is 10.2 Å². The Morgan fingerprint density at radius 1 is 0.949 bits per heavy atom. The van der Waals surface area contributed by atoms with Crippen LogP contribution in [0, 0.1) is 19.7 Å². The Labute approximate surface area is 234 Å². The molecule has 0 heterocycles. The second-order valence-corrected chi connectivity index (χ2v) is 12.0. The number of benzene rings is 3. The standard InChI is InChI=1S/C29H33ClFN3O4S/c1-19(2)32-29(36)22(5)33(17-23-8-6-7-9-27(23)31)28(35)18-34(25-13-10-20(3)21(4)16-25)39(37,38)26-14-11-24(30)12-15-26/h6-16,19,22H,17-18H2,1-5H3,(H,32,36). The van der Waals surface area contributed by atoms with Gasteiger partial charge in [0.1, 0.15) is 18.4 Å². The lowest BCUT2D eigenvalue weighted by Crippen LogP contribution is -2.52. The molecule has 1 N–H and O–H groups in total. The van der Waals surface area contributed by atoms with E-state index >= 15 is 0 Å². The molecular formula is C29H33ClFN3O4S. The van der Waals surface area contributed by atoms with Crippen LogP contribution in [0.3, 0.4) is 0 Å². The predicted octanol–water partition coefficient (Wildman–Crippen LogP) is 5.23. The molecule has 0 bridgehead atoms. The van der Waals surface area contributed by atoms with Crippen LogP contribution in [0.15, 0.2) is 71.6 Å². The van der Waals surface area contributed by atoms with E-state index in [1.54, 1.807) is 38.1 Å². The van der Waals surface area contributed by atoms with E-state index in [1.807, 2.05) is 13.8 Å². The summed E-state index contributed by atoms with van der Waals surface area (Å²) in [4.78, 5) is 27.9. The van der Waals surface area contributed by atoms with Crippen molar-refractivity contribution in [1.29, 1.82) is 0 Å². The number of anilines is 1. The molecule has 10 heteroatoms. The van der Waals surface area contributed by atoms with Gasteiger partial charge >= 0.3 is 0 Å². The molecule has 208 valence electrons. The maximum Gasteiger partial charge on any atom is 0.264 e. The van der Waals surface area contributed by atoms with Gasteiger partial charge in [-0.3, -0.25) is 13.9 Å². The summed E-state index contributed by atoms with van der Waals surface area (Å²) < 4.78 is 43.3. The quantitative estimate of drug-likeness (QED) is 0.360. The van der Waals surface area contributed by atoms with Crippen molar-refractivity contribution in [3.63, 3.8) is 0 Å². The van der Waals surface area contributed by atoms with E-state index in [4.69, 9.17) is 11.6 Å².